The number of rotatable bonds is 7. The molecule has 212 valence electrons. The molecule has 4 aromatic rings. The van der Waals surface area contributed by atoms with Gasteiger partial charge in [-0.05, 0) is 49.4 Å². The molecule has 1 fully saturated rings. The van der Waals surface area contributed by atoms with Crippen molar-refractivity contribution in [2.75, 3.05) is 0 Å². The monoisotopic (exact) mass is 589 g/mol. The third-order valence-corrected chi connectivity index (χ3v) is 7.79. The molecular weight excluding hydrogens is 571 g/mol. The van der Waals surface area contributed by atoms with Crippen LogP contribution in [0.1, 0.15) is 23.1 Å². The molecule has 1 unspecified atom stereocenters. The van der Waals surface area contributed by atoms with Crippen LogP contribution < -0.4 is 10.1 Å². The van der Waals surface area contributed by atoms with Gasteiger partial charge in [0.25, 0.3) is 5.91 Å². The molecule has 3 heterocycles. The maximum absolute atomic E-state index is 13.4. The lowest BCUT2D eigenvalue weighted by molar-refractivity contribution is -0.231. The van der Waals surface area contributed by atoms with Crippen molar-refractivity contribution in [3.8, 4) is 5.75 Å². The minimum Gasteiger partial charge on any atom is -0.489 e. The van der Waals surface area contributed by atoms with E-state index in [2.05, 4.69) is 9.82 Å². The van der Waals surface area contributed by atoms with Gasteiger partial charge in [-0.25, -0.2) is 18.0 Å². The number of aromatic nitrogens is 1. The number of sulfone groups is 1. The van der Waals surface area contributed by atoms with Crippen molar-refractivity contribution in [2.24, 2.45) is 0 Å². The zero-order valence-electron chi connectivity index (χ0n) is 20.8. The smallest absolute Gasteiger partial charge is 0.489 e. The van der Waals surface area contributed by atoms with Crippen LogP contribution in [-0.2, 0) is 30.9 Å². The zero-order valence-corrected chi connectivity index (χ0v) is 21.7. The van der Waals surface area contributed by atoms with Crippen LogP contribution in [0.25, 0.3) is 10.9 Å². The summed E-state index contributed by atoms with van der Waals surface area (Å²) in [6.45, 7) is 2.02. The summed E-state index contributed by atoms with van der Waals surface area (Å²) >= 11 is 0. The molecule has 0 bridgehead atoms. The van der Waals surface area contributed by atoms with Crippen molar-refractivity contribution in [3.05, 3.63) is 83.9 Å². The van der Waals surface area contributed by atoms with Crippen LogP contribution in [0.2, 0.25) is 0 Å². The Kier molecular flexibility index (Phi) is 6.90. The first-order valence-corrected chi connectivity index (χ1v) is 13.2. The summed E-state index contributed by atoms with van der Waals surface area (Å²) < 4.78 is 75.8. The first kappa shape index (κ1) is 27.6. The predicted molar refractivity (Wildman–Crippen MR) is 132 cm³/mol. The molecule has 1 aliphatic rings. The van der Waals surface area contributed by atoms with Crippen LogP contribution in [0.5, 0.6) is 5.75 Å². The van der Waals surface area contributed by atoms with Gasteiger partial charge in [-0.1, -0.05) is 18.2 Å². The van der Waals surface area contributed by atoms with Crippen molar-refractivity contribution in [3.63, 3.8) is 0 Å². The second-order valence-corrected chi connectivity index (χ2v) is 10.7. The van der Waals surface area contributed by atoms with E-state index in [1.165, 1.54) is 24.3 Å². The lowest BCUT2D eigenvalue weighted by Gasteiger charge is -2.20. The Bertz CT molecular complexity index is 1790. The Balaban J connectivity index is 1.38. The number of nitrogens with one attached hydrogen (secondary N) is 1. The average molecular weight is 590 g/mol. The fourth-order valence-corrected chi connectivity index (χ4v) is 5.57. The van der Waals surface area contributed by atoms with Crippen molar-refractivity contribution >= 4 is 38.6 Å². The summed E-state index contributed by atoms with van der Waals surface area (Å²) in [6, 6.07) is 11.9. The van der Waals surface area contributed by atoms with Gasteiger partial charge in [-0.15, -0.1) is 5.06 Å². The lowest BCUT2D eigenvalue weighted by Crippen LogP contribution is -2.38. The van der Waals surface area contributed by atoms with Gasteiger partial charge in [0.1, 0.15) is 17.3 Å². The summed E-state index contributed by atoms with van der Waals surface area (Å²) in [4.78, 5) is 43.3. The maximum atomic E-state index is 13.4. The summed E-state index contributed by atoms with van der Waals surface area (Å²) in [5.74, 6) is -4.46. The van der Waals surface area contributed by atoms with E-state index in [1.807, 2.05) is 37.3 Å². The van der Waals surface area contributed by atoms with Gasteiger partial charge in [-0.3, -0.25) is 15.1 Å². The molecule has 0 saturated carbocycles. The second-order valence-electron chi connectivity index (χ2n) is 8.75. The molecule has 2 aromatic heterocycles. The number of carbonyl (C=O) groups excluding carboxylic acids is 3. The normalized spacial score (nSPS) is 15.7. The van der Waals surface area contributed by atoms with Crippen LogP contribution >= 0.6 is 0 Å². The molecule has 0 aliphatic carbocycles. The van der Waals surface area contributed by atoms with Crippen molar-refractivity contribution in [2.45, 2.75) is 35.5 Å². The number of alkyl halides is 3. The molecule has 1 atom stereocenters. The lowest BCUT2D eigenvalue weighted by atomic mass is 10.1. The van der Waals surface area contributed by atoms with E-state index in [4.69, 9.17) is 9.15 Å². The number of halogens is 3. The van der Waals surface area contributed by atoms with E-state index in [1.54, 1.807) is 5.32 Å². The minimum atomic E-state index is -5.50. The molecule has 15 heteroatoms. The van der Waals surface area contributed by atoms with Gasteiger partial charge in [0, 0.05) is 16.6 Å². The fourth-order valence-electron chi connectivity index (χ4n) is 4.16. The van der Waals surface area contributed by atoms with Gasteiger partial charge in [0.2, 0.25) is 15.9 Å². The number of fused-ring (bicyclic) bond motifs is 1. The highest BCUT2D eigenvalue weighted by Crippen LogP contribution is 2.36. The molecule has 11 nitrogen and oxygen atoms in total. The van der Waals surface area contributed by atoms with Gasteiger partial charge < -0.3 is 14.0 Å². The molecule has 0 spiro atoms. The number of hydrogen-bond donors (Lipinski definition) is 1. The largest absolute Gasteiger partial charge is 0.493 e. The first-order chi connectivity index (χ1) is 19.4. The quantitative estimate of drug-likeness (QED) is 0.314. The van der Waals surface area contributed by atoms with E-state index in [9.17, 15) is 36.0 Å². The van der Waals surface area contributed by atoms with Crippen LogP contribution in [0.15, 0.2) is 81.1 Å². The second kappa shape index (κ2) is 10.2. The van der Waals surface area contributed by atoms with Crippen LogP contribution in [0, 0.1) is 6.92 Å². The van der Waals surface area contributed by atoms with Gasteiger partial charge in [0.15, 0.2) is 5.76 Å². The van der Waals surface area contributed by atoms with E-state index in [-0.39, 0.29) is 16.6 Å². The fraction of sp³-hybridized carbons (Fsp3) is 0.154. The van der Waals surface area contributed by atoms with Gasteiger partial charge in [0.05, 0.1) is 16.7 Å². The molecular formula is C26H18F3N3O8S. The highest BCUT2D eigenvalue weighted by atomic mass is 32.2. The number of nitrogens with zero attached hydrogens (tertiary/aromatic N) is 2. The predicted octanol–water partition coefficient (Wildman–Crippen LogP) is 4.16. The Labute approximate surface area is 229 Å². The topological polar surface area (TPSA) is 145 Å². The molecule has 1 saturated heterocycles. The van der Waals surface area contributed by atoms with Gasteiger partial charge >= 0.3 is 18.2 Å². The van der Waals surface area contributed by atoms with Crippen molar-refractivity contribution in [1.29, 1.82) is 0 Å². The van der Waals surface area contributed by atoms with E-state index < -0.39 is 50.6 Å². The van der Waals surface area contributed by atoms with Gasteiger partial charge in [-0.2, -0.15) is 13.2 Å². The number of carbonyl (C=O) groups is 3. The SMILES string of the molecule is Cc1cc(COc2ccc(S(=O)(=O)c3ccoc3C3C(=O)NC(=O)N3OC(=O)C(F)(F)F)cc2)c2ccccc2n1. The average Bonchev–Trinajstić information content (AvgIpc) is 3.51. The molecule has 0 radical (unpaired) electrons. The minimum absolute atomic E-state index is 0.166. The first-order valence-electron chi connectivity index (χ1n) is 11.7. The Morgan fingerprint density at radius 3 is 2.51 bits per heavy atom. The number of furan rings is 1. The molecule has 1 N–H and O–H groups in total. The highest BCUT2D eigenvalue weighted by Gasteiger charge is 2.51. The molecule has 1 aliphatic heterocycles. The number of hydrogen-bond acceptors (Lipinski definition) is 9. The summed E-state index contributed by atoms with van der Waals surface area (Å²) in [5, 5.41) is 2.33. The number of amides is 3. The van der Waals surface area contributed by atoms with E-state index >= 15 is 0 Å². The molecule has 41 heavy (non-hydrogen) atoms. The van der Waals surface area contributed by atoms with Crippen molar-refractivity contribution in [1.82, 2.24) is 15.4 Å². The third kappa shape index (κ3) is 5.30. The van der Waals surface area contributed by atoms with E-state index in [0.29, 0.717) is 5.75 Å². The number of hydroxylamine groups is 2. The number of imide groups is 1. The molecule has 3 amide bonds. The highest BCUT2D eigenvalue weighted by molar-refractivity contribution is 7.91. The maximum Gasteiger partial charge on any atom is 0.493 e. The number of aryl methyl sites for hydroxylation is 1. The number of para-hydroxylation sites is 1. The summed E-state index contributed by atoms with van der Waals surface area (Å²) in [5.41, 5.74) is 2.46. The van der Waals surface area contributed by atoms with E-state index in [0.717, 1.165) is 34.5 Å². The number of ether oxygens (including phenoxy) is 1. The van der Waals surface area contributed by atoms with Crippen LogP contribution in [0.3, 0.4) is 0 Å². The van der Waals surface area contributed by atoms with Crippen LogP contribution in [0.4, 0.5) is 18.0 Å². The standard InChI is InChI=1S/C26H18F3N3O8S/c1-14-12-15(18-4-2-3-5-19(18)30-14)13-39-16-6-8-17(9-7-16)41(36,37)20-10-11-38-22(20)21-23(33)31-25(35)32(21)40-24(34)26(27,28)29/h2-12,21H,13H2,1H3,(H,31,33,35). The Morgan fingerprint density at radius 1 is 1.10 bits per heavy atom. The zero-order chi connectivity index (χ0) is 29.5. The Morgan fingerprint density at radius 2 is 1.80 bits per heavy atom. The summed E-state index contributed by atoms with van der Waals surface area (Å²) in [7, 11) is -4.44. The summed E-state index contributed by atoms with van der Waals surface area (Å²) in [6.07, 6.45) is -4.64. The number of benzene rings is 2. The number of pyridine rings is 1. The number of urea groups is 1. The van der Waals surface area contributed by atoms with Crippen LogP contribution in [-0.4, -0.2) is 42.5 Å². The third-order valence-electron chi connectivity index (χ3n) is 5.98. The Hall–Kier alpha value is -4.92. The molecule has 2 aromatic carbocycles. The van der Waals surface area contributed by atoms with Crippen molar-refractivity contribution < 1.29 is 50.0 Å². The molecule has 5 rings (SSSR count).